The van der Waals surface area contributed by atoms with E-state index in [9.17, 15) is 13.6 Å². The van der Waals surface area contributed by atoms with Gasteiger partial charge < -0.3 is 20.5 Å². The highest BCUT2D eigenvalue weighted by molar-refractivity contribution is 8.13. The van der Waals surface area contributed by atoms with Gasteiger partial charge in [0.2, 0.25) is 0 Å². The second-order valence-corrected chi connectivity index (χ2v) is 9.42. The Balaban J connectivity index is 1.54. The fraction of sp³-hybridized carbons (Fsp3) is 0.444. The molecule has 2 aromatic rings. The topological polar surface area (TPSA) is 112 Å². The molecule has 3 N–H and O–H groups in total. The van der Waals surface area contributed by atoms with E-state index in [2.05, 4.69) is 20.0 Å². The van der Waals surface area contributed by atoms with Crippen LogP contribution < -0.4 is 15.8 Å². The van der Waals surface area contributed by atoms with Crippen LogP contribution >= 0.6 is 34.7 Å². The van der Waals surface area contributed by atoms with Gasteiger partial charge in [0.05, 0.1) is 23.9 Å². The highest BCUT2D eigenvalue weighted by Crippen LogP contribution is 2.47. The number of nitrogens with one attached hydrogen (secondary N) is 1. The number of anilines is 1. The van der Waals surface area contributed by atoms with Gasteiger partial charge in [0.1, 0.15) is 27.8 Å². The standard InChI is InChI=1S/C18H18ClF2N5O3S2/c1-8-2-9-5-31-17(22)26-18(9,7-28-8)15-25-12(6-30-15)24-14(27)13-11(19)3-10(4-23-13)29-16(20)21/h3-4,6,8-9,16H,2,5,7H2,1H3,(H2,22,26)(H,24,27)/t8-,9-,18?/m0/s1. The lowest BCUT2D eigenvalue weighted by atomic mass is 9.80. The third-order valence-corrected chi connectivity index (χ3v) is 7.25. The van der Waals surface area contributed by atoms with E-state index >= 15 is 0 Å². The van der Waals surface area contributed by atoms with Crippen molar-refractivity contribution in [2.45, 2.75) is 31.6 Å². The molecule has 4 rings (SSSR count). The molecule has 31 heavy (non-hydrogen) atoms. The van der Waals surface area contributed by atoms with Crippen LogP contribution in [0.3, 0.4) is 0 Å². The molecule has 1 fully saturated rings. The minimum absolute atomic E-state index is 0.123. The second kappa shape index (κ2) is 8.85. The molecule has 4 heterocycles. The van der Waals surface area contributed by atoms with Gasteiger partial charge in [-0.1, -0.05) is 23.4 Å². The Labute approximate surface area is 189 Å². The third-order valence-electron chi connectivity index (χ3n) is 4.99. The van der Waals surface area contributed by atoms with Crippen LogP contribution in [0.4, 0.5) is 14.6 Å². The fourth-order valence-electron chi connectivity index (χ4n) is 3.54. The van der Waals surface area contributed by atoms with Gasteiger partial charge >= 0.3 is 6.61 Å². The zero-order valence-electron chi connectivity index (χ0n) is 16.2. The molecular formula is C18H18ClF2N5O3S2. The molecule has 0 spiro atoms. The van der Waals surface area contributed by atoms with Crippen LogP contribution in [-0.4, -0.2) is 46.1 Å². The van der Waals surface area contributed by atoms with E-state index < -0.39 is 18.1 Å². The summed E-state index contributed by atoms with van der Waals surface area (Å²) < 4.78 is 34.7. The number of aliphatic imine (C=N–C) groups is 1. The summed E-state index contributed by atoms with van der Waals surface area (Å²) in [5, 5.41) is 5.37. The van der Waals surface area contributed by atoms with Crippen molar-refractivity contribution in [3.63, 3.8) is 0 Å². The Morgan fingerprint density at radius 2 is 2.32 bits per heavy atom. The highest BCUT2D eigenvalue weighted by atomic mass is 35.5. The number of hydrogen-bond donors (Lipinski definition) is 2. The third kappa shape index (κ3) is 4.61. The van der Waals surface area contributed by atoms with Crippen LogP contribution in [0.5, 0.6) is 5.75 Å². The lowest BCUT2D eigenvalue weighted by Gasteiger charge is -2.44. The summed E-state index contributed by atoms with van der Waals surface area (Å²) in [5.74, 6) is 0.456. The number of amidine groups is 1. The minimum atomic E-state index is -3.02. The quantitative estimate of drug-likeness (QED) is 0.658. The predicted molar refractivity (Wildman–Crippen MR) is 115 cm³/mol. The normalized spacial score (nSPS) is 25.6. The first kappa shape index (κ1) is 22.2. The minimum Gasteiger partial charge on any atom is -0.433 e. The maximum absolute atomic E-state index is 12.6. The highest BCUT2D eigenvalue weighted by Gasteiger charge is 2.49. The van der Waals surface area contributed by atoms with E-state index in [1.54, 1.807) is 5.38 Å². The van der Waals surface area contributed by atoms with Crippen LogP contribution in [0.25, 0.3) is 0 Å². The van der Waals surface area contributed by atoms with Gasteiger partial charge in [-0.2, -0.15) is 8.78 Å². The summed E-state index contributed by atoms with van der Waals surface area (Å²) in [6.07, 6.45) is 1.95. The molecule has 2 aliphatic heterocycles. The Morgan fingerprint density at radius 3 is 3.06 bits per heavy atom. The Bertz CT molecular complexity index is 1020. The van der Waals surface area contributed by atoms with Gasteiger partial charge in [-0.15, -0.1) is 11.3 Å². The van der Waals surface area contributed by atoms with Crippen molar-refractivity contribution in [2.75, 3.05) is 17.7 Å². The van der Waals surface area contributed by atoms with Crippen molar-refractivity contribution < 1.29 is 23.0 Å². The number of carbonyl (C=O) groups is 1. The van der Waals surface area contributed by atoms with E-state index in [1.165, 1.54) is 23.1 Å². The monoisotopic (exact) mass is 489 g/mol. The van der Waals surface area contributed by atoms with Crippen LogP contribution in [-0.2, 0) is 10.3 Å². The number of hydrogen-bond acceptors (Lipinski definition) is 9. The maximum atomic E-state index is 12.6. The molecule has 166 valence electrons. The predicted octanol–water partition coefficient (Wildman–Crippen LogP) is 3.73. The number of nitrogens with two attached hydrogens (primary N) is 1. The molecule has 0 radical (unpaired) electrons. The number of thioether (sulfide) groups is 1. The van der Waals surface area contributed by atoms with Gasteiger partial charge in [0.25, 0.3) is 5.91 Å². The molecule has 0 aromatic carbocycles. The largest absolute Gasteiger partial charge is 0.433 e. The molecule has 8 nitrogen and oxygen atoms in total. The first-order valence-corrected chi connectivity index (χ1v) is 11.5. The molecule has 0 bridgehead atoms. The van der Waals surface area contributed by atoms with E-state index in [-0.39, 0.29) is 28.5 Å². The number of alkyl halides is 2. The van der Waals surface area contributed by atoms with E-state index in [1.807, 2.05) is 6.92 Å². The number of fused-ring (bicyclic) bond motifs is 1. The van der Waals surface area contributed by atoms with Crippen molar-refractivity contribution in [2.24, 2.45) is 16.6 Å². The summed E-state index contributed by atoms with van der Waals surface area (Å²) in [7, 11) is 0. The van der Waals surface area contributed by atoms with Crippen molar-refractivity contribution in [3.05, 3.63) is 33.4 Å². The number of pyridine rings is 1. The van der Waals surface area contributed by atoms with Crippen LogP contribution in [0.2, 0.25) is 5.02 Å². The molecule has 0 saturated carbocycles. The number of carbonyl (C=O) groups excluding carboxylic acids is 1. The number of amides is 1. The second-order valence-electron chi connectivity index (χ2n) is 7.11. The lowest BCUT2D eigenvalue weighted by Crippen LogP contribution is -2.49. The van der Waals surface area contributed by atoms with E-state index in [0.29, 0.717) is 22.6 Å². The maximum Gasteiger partial charge on any atom is 0.387 e. The van der Waals surface area contributed by atoms with Crippen LogP contribution in [0.15, 0.2) is 22.6 Å². The Morgan fingerprint density at radius 1 is 1.52 bits per heavy atom. The number of aromatic nitrogens is 2. The summed E-state index contributed by atoms with van der Waals surface area (Å²) >= 11 is 8.88. The number of rotatable bonds is 5. The summed E-state index contributed by atoms with van der Waals surface area (Å²) in [5.41, 5.74) is 5.19. The van der Waals surface area contributed by atoms with Gasteiger partial charge in [-0.25, -0.2) is 15.0 Å². The molecule has 0 aliphatic carbocycles. The van der Waals surface area contributed by atoms with Crippen molar-refractivity contribution in [1.29, 1.82) is 0 Å². The van der Waals surface area contributed by atoms with Crippen LogP contribution in [0, 0.1) is 5.92 Å². The Kier molecular flexibility index (Phi) is 6.33. The Hall–Kier alpha value is -2.02. The summed E-state index contributed by atoms with van der Waals surface area (Å²) in [4.78, 5) is 25.6. The number of thiazole rings is 1. The van der Waals surface area contributed by atoms with Crippen LogP contribution in [0.1, 0.15) is 28.8 Å². The molecule has 3 atom stereocenters. The molecule has 1 amide bonds. The average Bonchev–Trinajstić information content (AvgIpc) is 3.17. The van der Waals surface area contributed by atoms with E-state index in [4.69, 9.17) is 27.1 Å². The molecule has 2 aliphatic rings. The zero-order chi connectivity index (χ0) is 22.2. The first-order chi connectivity index (χ1) is 14.8. The summed E-state index contributed by atoms with van der Waals surface area (Å²) in [6.45, 7) is -0.631. The van der Waals surface area contributed by atoms with Gasteiger partial charge in [-0.05, 0) is 13.3 Å². The smallest absolute Gasteiger partial charge is 0.387 e. The lowest BCUT2D eigenvalue weighted by molar-refractivity contribution is -0.0500. The molecule has 13 heteroatoms. The summed E-state index contributed by atoms with van der Waals surface area (Å²) in [6, 6.07) is 1.10. The first-order valence-electron chi connectivity index (χ1n) is 9.24. The molecule has 1 saturated heterocycles. The van der Waals surface area contributed by atoms with Crippen molar-refractivity contribution in [3.8, 4) is 5.75 Å². The zero-order valence-corrected chi connectivity index (χ0v) is 18.6. The number of nitrogens with zero attached hydrogens (tertiary/aromatic N) is 3. The SMILES string of the molecule is C[C@H]1C[C@H]2CSC(N)=NC2(c2nc(NC(=O)c3ncc(OC(F)F)cc3Cl)cs2)CO1. The average molecular weight is 490 g/mol. The van der Waals surface area contributed by atoms with Crippen molar-refractivity contribution >= 4 is 51.6 Å². The molecule has 2 aromatic heterocycles. The number of ether oxygens (including phenoxy) is 2. The fourth-order valence-corrected chi connectivity index (χ4v) is 5.75. The van der Waals surface area contributed by atoms with Gasteiger partial charge in [0, 0.05) is 23.1 Å². The molecule has 1 unspecified atom stereocenters. The van der Waals surface area contributed by atoms with Gasteiger partial charge in [-0.3, -0.25) is 4.79 Å². The van der Waals surface area contributed by atoms with Crippen molar-refractivity contribution in [1.82, 2.24) is 9.97 Å². The molecular weight excluding hydrogens is 472 g/mol. The van der Waals surface area contributed by atoms with Gasteiger partial charge in [0.15, 0.2) is 5.17 Å². The van der Waals surface area contributed by atoms with E-state index in [0.717, 1.165) is 24.4 Å². The number of halogens is 3.